The van der Waals surface area contributed by atoms with Crippen molar-refractivity contribution < 1.29 is 14.3 Å². The normalized spacial score (nSPS) is 15.2. The van der Waals surface area contributed by atoms with Gasteiger partial charge in [0.25, 0.3) is 5.91 Å². The average molecular weight is 320 g/mol. The molecule has 1 amide bonds. The van der Waals surface area contributed by atoms with E-state index < -0.39 is 0 Å². The molecule has 1 aromatic carbocycles. The van der Waals surface area contributed by atoms with Crippen LogP contribution in [0.1, 0.15) is 42.5 Å². The number of piperidine rings is 1. The average Bonchev–Trinajstić information content (AvgIpc) is 2.61. The Labute approximate surface area is 139 Å². The summed E-state index contributed by atoms with van der Waals surface area (Å²) in [5.74, 6) is 1.14. The van der Waals surface area contributed by atoms with Crippen molar-refractivity contribution in [1.82, 2.24) is 10.2 Å². The van der Waals surface area contributed by atoms with E-state index in [4.69, 9.17) is 9.47 Å². The number of carbonyl (C=O) groups excluding carboxylic acids is 1. The molecule has 1 aromatic rings. The molecule has 0 aromatic heterocycles. The highest BCUT2D eigenvalue weighted by atomic mass is 16.5. The van der Waals surface area contributed by atoms with E-state index in [0.717, 1.165) is 19.4 Å². The first-order chi connectivity index (χ1) is 11.2. The molecule has 1 fully saturated rings. The first-order valence-electron chi connectivity index (χ1n) is 8.47. The Bertz CT molecular complexity index is 499. The molecule has 1 aliphatic heterocycles. The van der Waals surface area contributed by atoms with Gasteiger partial charge in [0.2, 0.25) is 0 Å². The van der Waals surface area contributed by atoms with Crippen molar-refractivity contribution in [3.05, 3.63) is 23.8 Å². The second-order valence-electron chi connectivity index (χ2n) is 5.94. The van der Waals surface area contributed by atoms with Gasteiger partial charge in [0, 0.05) is 12.1 Å². The van der Waals surface area contributed by atoms with Gasteiger partial charge < -0.3 is 19.7 Å². The maximum Gasteiger partial charge on any atom is 0.251 e. The van der Waals surface area contributed by atoms with E-state index in [1.165, 1.54) is 32.4 Å². The molecule has 0 radical (unpaired) electrons. The molecule has 1 N–H and O–H groups in total. The van der Waals surface area contributed by atoms with Gasteiger partial charge in [0.15, 0.2) is 11.5 Å². The largest absolute Gasteiger partial charge is 0.493 e. The third-order valence-electron chi connectivity index (χ3n) is 4.28. The van der Waals surface area contributed by atoms with Crippen LogP contribution in [0.5, 0.6) is 11.5 Å². The molecule has 2 rings (SSSR count). The van der Waals surface area contributed by atoms with Gasteiger partial charge in [-0.1, -0.05) is 6.42 Å². The molecule has 128 valence electrons. The van der Waals surface area contributed by atoms with Crippen LogP contribution in [-0.2, 0) is 0 Å². The summed E-state index contributed by atoms with van der Waals surface area (Å²) in [6.07, 6.45) is 6.17. The third kappa shape index (κ3) is 5.43. The monoisotopic (exact) mass is 320 g/mol. The minimum absolute atomic E-state index is 0.0658. The maximum atomic E-state index is 12.2. The lowest BCUT2D eigenvalue weighted by atomic mass is 10.1. The highest BCUT2D eigenvalue weighted by Gasteiger charge is 2.11. The predicted molar refractivity (Wildman–Crippen MR) is 91.4 cm³/mol. The second kappa shape index (κ2) is 9.40. The van der Waals surface area contributed by atoms with Crippen molar-refractivity contribution in [3.8, 4) is 11.5 Å². The SMILES string of the molecule is COc1ccc(C(=O)NCCCCN2CCCCC2)cc1OC. The van der Waals surface area contributed by atoms with Crippen molar-refractivity contribution in [2.75, 3.05) is 40.4 Å². The Hall–Kier alpha value is -1.75. The van der Waals surface area contributed by atoms with Crippen molar-refractivity contribution in [1.29, 1.82) is 0 Å². The van der Waals surface area contributed by atoms with E-state index in [0.29, 0.717) is 23.6 Å². The van der Waals surface area contributed by atoms with E-state index >= 15 is 0 Å². The quantitative estimate of drug-likeness (QED) is 0.748. The summed E-state index contributed by atoms with van der Waals surface area (Å²) < 4.78 is 10.4. The topological polar surface area (TPSA) is 50.8 Å². The summed E-state index contributed by atoms with van der Waals surface area (Å²) in [7, 11) is 3.15. The molecule has 0 unspecified atom stereocenters. The fourth-order valence-electron chi connectivity index (χ4n) is 2.92. The Balaban J connectivity index is 1.70. The molecule has 1 saturated heterocycles. The zero-order chi connectivity index (χ0) is 16.5. The molecule has 0 saturated carbocycles. The van der Waals surface area contributed by atoms with Crippen LogP contribution in [0.25, 0.3) is 0 Å². The number of likely N-dealkylation sites (tertiary alicyclic amines) is 1. The smallest absolute Gasteiger partial charge is 0.251 e. The first kappa shape index (κ1) is 17.6. The number of amides is 1. The number of benzene rings is 1. The van der Waals surface area contributed by atoms with Gasteiger partial charge in [-0.3, -0.25) is 4.79 Å². The van der Waals surface area contributed by atoms with Gasteiger partial charge in [0.1, 0.15) is 0 Å². The van der Waals surface area contributed by atoms with Crippen LogP contribution in [-0.4, -0.2) is 51.2 Å². The lowest BCUT2D eigenvalue weighted by molar-refractivity contribution is 0.0952. The summed E-state index contributed by atoms with van der Waals surface area (Å²) in [6.45, 7) is 4.32. The Morgan fingerprint density at radius 3 is 2.52 bits per heavy atom. The van der Waals surface area contributed by atoms with E-state index in [1.54, 1.807) is 32.4 Å². The molecule has 1 aliphatic rings. The number of hydrogen-bond acceptors (Lipinski definition) is 4. The van der Waals surface area contributed by atoms with Crippen LogP contribution in [0, 0.1) is 0 Å². The minimum atomic E-state index is -0.0658. The molecular weight excluding hydrogens is 292 g/mol. The van der Waals surface area contributed by atoms with Crippen LogP contribution in [0.3, 0.4) is 0 Å². The highest BCUT2D eigenvalue weighted by molar-refractivity contribution is 5.94. The van der Waals surface area contributed by atoms with Gasteiger partial charge >= 0.3 is 0 Å². The second-order valence-corrected chi connectivity index (χ2v) is 5.94. The number of carbonyl (C=O) groups is 1. The van der Waals surface area contributed by atoms with E-state index in [2.05, 4.69) is 10.2 Å². The summed E-state index contributed by atoms with van der Waals surface area (Å²) >= 11 is 0. The van der Waals surface area contributed by atoms with Gasteiger partial charge in [-0.25, -0.2) is 0 Å². The van der Waals surface area contributed by atoms with E-state index in [9.17, 15) is 4.79 Å². The maximum absolute atomic E-state index is 12.2. The Kier molecular flexibility index (Phi) is 7.20. The number of ether oxygens (including phenoxy) is 2. The van der Waals surface area contributed by atoms with Crippen molar-refractivity contribution >= 4 is 5.91 Å². The van der Waals surface area contributed by atoms with Crippen molar-refractivity contribution in [2.45, 2.75) is 32.1 Å². The van der Waals surface area contributed by atoms with E-state index in [1.807, 2.05) is 0 Å². The number of unbranched alkanes of at least 4 members (excludes halogenated alkanes) is 1. The number of nitrogens with zero attached hydrogens (tertiary/aromatic N) is 1. The van der Waals surface area contributed by atoms with Gasteiger partial charge in [-0.05, 0) is 63.5 Å². The fourth-order valence-corrected chi connectivity index (χ4v) is 2.92. The van der Waals surface area contributed by atoms with Crippen LogP contribution in [0.2, 0.25) is 0 Å². The minimum Gasteiger partial charge on any atom is -0.493 e. The Morgan fingerprint density at radius 2 is 1.83 bits per heavy atom. The Morgan fingerprint density at radius 1 is 1.09 bits per heavy atom. The predicted octanol–water partition coefficient (Wildman–Crippen LogP) is 2.70. The van der Waals surface area contributed by atoms with Crippen molar-refractivity contribution in [3.63, 3.8) is 0 Å². The number of hydrogen-bond donors (Lipinski definition) is 1. The van der Waals surface area contributed by atoms with Crippen LogP contribution in [0.15, 0.2) is 18.2 Å². The molecule has 0 spiro atoms. The lowest BCUT2D eigenvalue weighted by Crippen LogP contribution is -2.31. The molecular formula is C18H28N2O3. The van der Waals surface area contributed by atoms with Gasteiger partial charge in [0.05, 0.1) is 14.2 Å². The third-order valence-corrected chi connectivity index (χ3v) is 4.28. The highest BCUT2D eigenvalue weighted by Crippen LogP contribution is 2.27. The van der Waals surface area contributed by atoms with Gasteiger partial charge in [-0.15, -0.1) is 0 Å². The molecule has 0 aliphatic carbocycles. The first-order valence-corrected chi connectivity index (χ1v) is 8.47. The zero-order valence-corrected chi connectivity index (χ0v) is 14.3. The molecule has 1 heterocycles. The van der Waals surface area contributed by atoms with Crippen LogP contribution >= 0.6 is 0 Å². The molecule has 5 heteroatoms. The summed E-state index contributed by atoms with van der Waals surface area (Å²) in [4.78, 5) is 14.7. The molecule has 0 atom stereocenters. The van der Waals surface area contributed by atoms with Gasteiger partial charge in [-0.2, -0.15) is 0 Å². The summed E-state index contributed by atoms with van der Waals surface area (Å²) in [6, 6.07) is 5.22. The van der Waals surface area contributed by atoms with Crippen molar-refractivity contribution in [2.24, 2.45) is 0 Å². The van der Waals surface area contributed by atoms with Crippen LogP contribution in [0.4, 0.5) is 0 Å². The summed E-state index contributed by atoms with van der Waals surface area (Å²) in [5.41, 5.74) is 0.596. The van der Waals surface area contributed by atoms with Crippen LogP contribution < -0.4 is 14.8 Å². The number of nitrogens with one attached hydrogen (secondary N) is 1. The fraction of sp³-hybridized carbons (Fsp3) is 0.611. The van der Waals surface area contributed by atoms with E-state index in [-0.39, 0.29) is 5.91 Å². The zero-order valence-electron chi connectivity index (χ0n) is 14.3. The number of methoxy groups -OCH3 is 2. The number of rotatable bonds is 8. The molecule has 23 heavy (non-hydrogen) atoms. The lowest BCUT2D eigenvalue weighted by Gasteiger charge is -2.26. The standard InChI is InChI=1S/C18H28N2O3/c1-22-16-9-8-15(14-17(16)23-2)18(21)19-10-4-7-13-20-11-5-3-6-12-20/h8-9,14H,3-7,10-13H2,1-2H3,(H,19,21). The molecule has 0 bridgehead atoms. The molecule has 5 nitrogen and oxygen atoms in total. The summed E-state index contributed by atoms with van der Waals surface area (Å²) in [5, 5.41) is 2.97.